The fourth-order valence-corrected chi connectivity index (χ4v) is 1.68. The van der Waals surface area contributed by atoms with Crippen LogP contribution in [-0.2, 0) is 11.3 Å². The van der Waals surface area contributed by atoms with Crippen molar-refractivity contribution < 1.29 is 14.6 Å². The van der Waals surface area contributed by atoms with Crippen LogP contribution in [0.1, 0.15) is 25.3 Å². The average Bonchev–Trinajstić information content (AvgIpc) is 2.41. The molecule has 0 radical (unpaired) electrons. The number of hydrogen-bond acceptors (Lipinski definition) is 3. The van der Waals surface area contributed by atoms with Gasteiger partial charge in [-0.25, -0.2) is 4.79 Å². The normalized spacial score (nSPS) is 12.1. The summed E-state index contributed by atoms with van der Waals surface area (Å²) >= 11 is 0. The summed E-state index contributed by atoms with van der Waals surface area (Å²) in [5, 5.41) is 9.17. The maximum Gasteiger partial charge on any atom is 0.407 e. The zero-order valence-electron chi connectivity index (χ0n) is 11.3. The molecular formula is C14H22N2O3. The third-order valence-corrected chi connectivity index (χ3v) is 2.71. The molecule has 3 N–H and O–H groups in total. The molecule has 106 valence electrons. The molecule has 0 spiro atoms. The Morgan fingerprint density at radius 3 is 2.68 bits per heavy atom. The van der Waals surface area contributed by atoms with Crippen molar-refractivity contribution in [1.29, 1.82) is 0 Å². The first-order chi connectivity index (χ1) is 9.13. The molecule has 5 heteroatoms. The molecule has 1 aromatic rings. The van der Waals surface area contributed by atoms with Gasteiger partial charge in [0.2, 0.25) is 0 Å². The Bertz CT molecular complexity index is 370. The van der Waals surface area contributed by atoms with Gasteiger partial charge in [0, 0.05) is 26.1 Å². The highest BCUT2D eigenvalue weighted by molar-refractivity contribution is 5.64. The molecule has 0 fully saturated rings. The Morgan fingerprint density at radius 2 is 2.11 bits per heavy atom. The summed E-state index contributed by atoms with van der Waals surface area (Å²) in [6, 6.07) is 9.51. The van der Waals surface area contributed by atoms with Gasteiger partial charge < -0.3 is 20.5 Å². The fourth-order valence-electron chi connectivity index (χ4n) is 1.68. The second-order valence-corrected chi connectivity index (χ2v) is 4.39. The van der Waals surface area contributed by atoms with Gasteiger partial charge in [0.25, 0.3) is 0 Å². The number of hydrogen-bond donors (Lipinski definition) is 2. The molecule has 0 aromatic heterocycles. The summed E-state index contributed by atoms with van der Waals surface area (Å²) in [4.78, 5) is 12.5. The zero-order chi connectivity index (χ0) is 14.1. The summed E-state index contributed by atoms with van der Waals surface area (Å²) in [7, 11) is 0. The number of carboxylic acid groups (broad SMARTS) is 1. The van der Waals surface area contributed by atoms with Gasteiger partial charge in [-0.1, -0.05) is 37.3 Å². The van der Waals surface area contributed by atoms with E-state index in [-0.39, 0.29) is 0 Å². The summed E-state index contributed by atoms with van der Waals surface area (Å²) in [6.45, 7) is 3.35. The SMILES string of the molecule is CCCOC(N)CCN(Cc1ccccc1)C(=O)O. The van der Waals surface area contributed by atoms with Crippen LogP contribution in [0.3, 0.4) is 0 Å². The first-order valence-electron chi connectivity index (χ1n) is 6.52. The van der Waals surface area contributed by atoms with E-state index in [1.54, 1.807) is 0 Å². The predicted octanol–water partition coefficient (Wildman–Crippen LogP) is 2.27. The van der Waals surface area contributed by atoms with Gasteiger partial charge in [0.1, 0.15) is 6.23 Å². The minimum atomic E-state index is -0.938. The van der Waals surface area contributed by atoms with Crippen LogP contribution in [0.5, 0.6) is 0 Å². The average molecular weight is 266 g/mol. The Labute approximate surface area is 114 Å². The molecular weight excluding hydrogens is 244 g/mol. The van der Waals surface area contributed by atoms with Crippen molar-refractivity contribution >= 4 is 6.09 Å². The number of nitrogens with zero attached hydrogens (tertiary/aromatic N) is 1. The van der Waals surface area contributed by atoms with Gasteiger partial charge >= 0.3 is 6.09 Å². The summed E-state index contributed by atoms with van der Waals surface area (Å²) in [5.74, 6) is 0. The van der Waals surface area contributed by atoms with Gasteiger partial charge in [-0.2, -0.15) is 0 Å². The molecule has 1 aromatic carbocycles. The van der Waals surface area contributed by atoms with E-state index in [0.717, 1.165) is 12.0 Å². The van der Waals surface area contributed by atoms with E-state index >= 15 is 0 Å². The van der Waals surface area contributed by atoms with Crippen molar-refractivity contribution in [1.82, 2.24) is 4.90 Å². The van der Waals surface area contributed by atoms with Gasteiger partial charge in [0.05, 0.1) is 0 Å². The first kappa shape index (κ1) is 15.5. The third-order valence-electron chi connectivity index (χ3n) is 2.71. The van der Waals surface area contributed by atoms with Crippen molar-refractivity contribution in [3.05, 3.63) is 35.9 Å². The van der Waals surface area contributed by atoms with Crippen molar-refractivity contribution in [2.45, 2.75) is 32.5 Å². The third kappa shape index (κ3) is 6.22. The van der Waals surface area contributed by atoms with Gasteiger partial charge in [-0.3, -0.25) is 0 Å². The quantitative estimate of drug-likeness (QED) is 0.708. The molecule has 0 bridgehead atoms. The van der Waals surface area contributed by atoms with E-state index in [9.17, 15) is 4.79 Å². The molecule has 1 amide bonds. The van der Waals surface area contributed by atoms with Crippen molar-refractivity contribution in [3.8, 4) is 0 Å². The summed E-state index contributed by atoms with van der Waals surface area (Å²) in [5.41, 5.74) is 6.73. The Hall–Kier alpha value is -1.59. The maximum absolute atomic E-state index is 11.2. The second-order valence-electron chi connectivity index (χ2n) is 4.39. The molecule has 1 unspecified atom stereocenters. The van der Waals surface area contributed by atoms with Crippen LogP contribution >= 0.6 is 0 Å². The lowest BCUT2D eigenvalue weighted by molar-refractivity contribution is 0.0441. The number of rotatable bonds is 8. The molecule has 0 aliphatic carbocycles. The van der Waals surface area contributed by atoms with E-state index in [1.807, 2.05) is 37.3 Å². The number of benzene rings is 1. The fraction of sp³-hybridized carbons (Fsp3) is 0.500. The minimum Gasteiger partial charge on any atom is -0.465 e. The molecule has 19 heavy (non-hydrogen) atoms. The van der Waals surface area contributed by atoms with Gasteiger partial charge in [0.15, 0.2) is 0 Å². The second kappa shape index (κ2) is 8.50. The highest BCUT2D eigenvalue weighted by Crippen LogP contribution is 2.06. The first-order valence-corrected chi connectivity index (χ1v) is 6.52. The van der Waals surface area contributed by atoms with Crippen LogP contribution in [-0.4, -0.2) is 35.5 Å². The van der Waals surface area contributed by atoms with Crippen molar-refractivity contribution in [3.63, 3.8) is 0 Å². The molecule has 0 saturated heterocycles. The van der Waals surface area contributed by atoms with Crippen LogP contribution in [0.25, 0.3) is 0 Å². The largest absolute Gasteiger partial charge is 0.465 e. The number of nitrogens with two attached hydrogens (primary N) is 1. The minimum absolute atomic E-state index is 0.370. The summed E-state index contributed by atoms with van der Waals surface area (Å²) in [6.07, 6.45) is 0.0589. The van der Waals surface area contributed by atoms with E-state index in [0.29, 0.717) is 26.1 Å². The highest BCUT2D eigenvalue weighted by atomic mass is 16.5. The predicted molar refractivity (Wildman–Crippen MR) is 73.7 cm³/mol. The Kier molecular flexibility index (Phi) is 6.92. The van der Waals surface area contributed by atoms with E-state index in [2.05, 4.69) is 0 Å². The molecule has 1 atom stereocenters. The van der Waals surface area contributed by atoms with Gasteiger partial charge in [-0.15, -0.1) is 0 Å². The van der Waals surface area contributed by atoms with E-state index < -0.39 is 12.3 Å². The molecule has 0 heterocycles. The smallest absolute Gasteiger partial charge is 0.407 e. The number of amides is 1. The van der Waals surface area contributed by atoms with E-state index in [1.165, 1.54) is 4.90 Å². The highest BCUT2D eigenvalue weighted by Gasteiger charge is 2.14. The van der Waals surface area contributed by atoms with E-state index in [4.69, 9.17) is 15.6 Å². The zero-order valence-corrected chi connectivity index (χ0v) is 11.3. The Morgan fingerprint density at radius 1 is 1.42 bits per heavy atom. The molecule has 0 aliphatic rings. The van der Waals surface area contributed by atoms with Crippen LogP contribution in [0.15, 0.2) is 30.3 Å². The number of ether oxygens (including phenoxy) is 1. The molecule has 0 saturated carbocycles. The molecule has 5 nitrogen and oxygen atoms in total. The van der Waals surface area contributed by atoms with Crippen molar-refractivity contribution in [2.24, 2.45) is 5.73 Å². The standard InChI is InChI=1S/C14H22N2O3/c1-2-10-19-13(15)8-9-16(14(17)18)11-12-6-4-3-5-7-12/h3-7,13H,2,8-11,15H2,1H3,(H,17,18). The summed E-state index contributed by atoms with van der Waals surface area (Å²) < 4.78 is 5.33. The lowest BCUT2D eigenvalue weighted by Gasteiger charge is -2.21. The van der Waals surface area contributed by atoms with Crippen molar-refractivity contribution in [2.75, 3.05) is 13.2 Å². The number of carbonyl (C=O) groups is 1. The lowest BCUT2D eigenvalue weighted by Crippen LogP contribution is -2.35. The van der Waals surface area contributed by atoms with Gasteiger partial charge in [-0.05, 0) is 12.0 Å². The maximum atomic E-state index is 11.2. The topological polar surface area (TPSA) is 75.8 Å². The van der Waals surface area contributed by atoms with Crippen LogP contribution in [0.4, 0.5) is 4.79 Å². The Balaban J connectivity index is 2.43. The monoisotopic (exact) mass is 266 g/mol. The molecule has 1 rings (SSSR count). The lowest BCUT2D eigenvalue weighted by atomic mass is 10.2. The van der Waals surface area contributed by atoms with Crippen LogP contribution in [0, 0.1) is 0 Å². The van der Waals surface area contributed by atoms with Crippen LogP contribution < -0.4 is 5.73 Å². The van der Waals surface area contributed by atoms with Crippen LogP contribution in [0.2, 0.25) is 0 Å². The molecule has 0 aliphatic heterocycles.